The third-order valence-corrected chi connectivity index (χ3v) is 4.46. The fraction of sp³-hybridized carbons (Fsp3) is 0.250. The molecule has 0 bridgehead atoms. The fourth-order valence-corrected chi connectivity index (χ4v) is 2.88. The fourth-order valence-electron chi connectivity index (χ4n) is 1.61. The number of nitrogens with one attached hydrogen (secondary N) is 1. The van der Waals surface area contributed by atoms with Crippen LogP contribution in [0.2, 0.25) is 5.02 Å². The average Bonchev–Trinajstić information content (AvgIpc) is 2.66. The summed E-state index contributed by atoms with van der Waals surface area (Å²) in [6.07, 6.45) is 0. The van der Waals surface area contributed by atoms with E-state index in [0.29, 0.717) is 16.7 Å². The molecule has 3 N–H and O–H groups in total. The lowest BCUT2D eigenvalue weighted by Gasteiger charge is -2.07. The highest BCUT2D eigenvalue weighted by atomic mass is 35.5. The van der Waals surface area contributed by atoms with Gasteiger partial charge in [-0.1, -0.05) is 11.6 Å². The number of hydrogen-bond donors (Lipinski definition) is 2. The van der Waals surface area contributed by atoms with Crippen LogP contribution in [0.5, 0.6) is 0 Å². The molecule has 1 aromatic carbocycles. The summed E-state index contributed by atoms with van der Waals surface area (Å²) >= 11 is 5.74. The molecule has 2 rings (SSSR count). The second-order valence-electron chi connectivity index (χ2n) is 4.26. The van der Waals surface area contributed by atoms with E-state index in [1.165, 1.54) is 18.2 Å². The highest BCUT2D eigenvalue weighted by Crippen LogP contribution is 2.22. The predicted octanol–water partition coefficient (Wildman–Crippen LogP) is 2.01. The summed E-state index contributed by atoms with van der Waals surface area (Å²) in [4.78, 5) is 4.07. The van der Waals surface area contributed by atoms with Gasteiger partial charge < -0.3 is 10.2 Å². The van der Waals surface area contributed by atoms with Gasteiger partial charge in [-0.3, -0.25) is 0 Å². The van der Waals surface area contributed by atoms with Crippen molar-refractivity contribution in [3.8, 4) is 0 Å². The number of sulfonamides is 1. The Hall–Kier alpha value is -1.57. The van der Waals surface area contributed by atoms with Crippen molar-refractivity contribution in [1.82, 2.24) is 9.71 Å². The second-order valence-corrected chi connectivity index (χ2v) is 6.43. The molecule has 1 aromatic heterocycles. The second kappa shape index (κ2) is 5.43. The van der Waals surface area contributed by atoms with Gasteiger partial charge in [-0.05, 0) is 32.0 Å². The minimum atomic E-state index is -3.74. The molecule has 0 spiro atoms. The Labute approximate surface area is 122 Å². The van der Waals surface area contributed by atoms with Crippen molar-refractivity contribution in [3.63, 3.8) is 0 Å². The van der Waals surface area contributed by atoms with Crippen LogP contribution in [0.25, 0.3) is 0 Å². The topological polar surface area (TPSA) is 98.2 Å². The minimum absolute atomic E-state index is 0.0260. The summed E-state index contributed by atoms with van der Waals surface area (Å²) in [5.41, 5.74) is 6.48. The molecule has 2 aromatic rings. The molecule has 0 aliphatic rings. The quantitative estimate of drug-likeness (QED) is 0.841. The Morgan fingerprint density at radius 2 is 2.10 bits per heavy atom. The Bertz CT molecular complexity index is 721. The lowest BCUT2D eigenvalue weighted by atomic mass is 10.3. The first-order valence-electron chi connectivity index (χ1n) is 5.77. The van der Waals surface area contributed by atoms with Gasteiger partial charge in [-0.15, -0.1) is 0 Å². The number of nitrogen functional groups attached to an aromatic ring is 1. The number of nitrogens with zero attached hydrogens (tertiary/aromatic N) is 1. The molecule has 0 aliphatic carbocycles. The molecule has 0 fully saturated rings. The Morgan fingerprint density at radius 3 is 2.65 bits per heavy atom. The molecule has 0 amide bonds. The maximum atomic E-state index is 12.1. The number of nitrogens with two attached hydrogens (primary N) is 1. The van der Waals surface area contributed by atoms with E-state index in [9.17, 15) is 8.42 Å². The van der Waals surface area contributed by atoms with Crippen molar-refractivity contribution in [3.05, 3.63) is 40.6 Å². The molecule has 0 atom stereocenters. The number of aryl methyl sites for hydroxylation is 2. The number of benzene rings is 1. The van der Waals surface area contributed by atoms with Crippen LogP contribution in [-0.4, -0.2) is 13.4 Å². The average molecular weight is 316 g/mol. The van der Waals surface area contributed by atoms with Crippen LogP contribution in [-0.2, 0) is 16.6 Å². The van der Waals surface area contributed by atoms with E-state index in [4.69, 9.17) is 21.8 Å². The van der Waals surface area contributed by atoms with E-state index in [0.717, 1.165) is 5.69 Å². The molecule has 8 heteroatoms. The van der Waals surface area contributed by atoms with Crippen molar-refractivity contribution < 1.29 is 12.8 Å². The zero-order valence-electron chi connectivity index (χ0n) is 11.0. The number of halogens is 1. The monoisotopic (exact) mass is 315 g/mol. The Kier molecular flexibility index (Phi) is 4.03. The Morgan fingerprint density at radius 1 is 1.40 bits per heavy atom. The molecule has 0 saturated carbocycles. The summed E-state index contributed by atoms with van der Waals surface area (Å²) < 4.78 is 31.9. The van der Waals surface area contributed by atoms with E-state index in [2.05, 4.69) is 9.71 Å². The van der Waals surface area contributed by atoms with Gasteiger partial charge >= 0.3 is 0 Å². The van der Waals surface area contributed by atoms with Crippen LogP contribution in [0, 0.1) is 13.8 Å². The first-order chi connectivity index (χ1) is 9.29. The number of rotatable bonds is 4. The highest BCUT2D eigenvalue weighted by molar-refractivity contribution is 7.89. The third-order valence-electron chi connectivity index (χ3n) is 2.75. The summed E-state index contributed by atoms with van der Waals surface area (Å²) in [5.74, 6) is 0.960. The maximum absolute atomic E-state index is 12.1. The standard InChI is InChI=1S/C12H14ClN3O3S/c1-7-8(2)19-12(16-7)6-15-20(17,18)11-4-3-9(13)5-10(11)14/h3-5,15H,6,14H2,1-2H3. The lowest BCUT2D eigenvalue weighted by Crippen LogP contribution is -2.24. The van der Waals surface area contributed by atoms with Crippen LogP contribution < -0.4 is 10.5 Å². The summed E-state index contributed by atoms with van der Waals surface area (Å²) in [7, 11) is -3.74. The van der Waals surface area contributed by atoms with E-state index >= 15 is 0 Å². The first-order valence-corrected chi connectivity index (χ1v) is 7.63. The molecule has 20 heavy (non-hydrogen) atoms. The molecule has 0 unspecified atom stereocenters. The van der Waals surface area contributed by atoms with Gasteiger partial charge in [0.1, 0.15) is 10.7 Å². The molecule has 0 aliphatic heterocycles. The van der Waals surface area contributed by atoms with Gasteiger partial charge in [0.05, 0.1) is 17.9 Å². The third kappa shape index (κ3) is 3.12. The predicted molar refractivity (Wildman–Crippen MR) is 75.9 cm³/mol. The van der Waals surface area contributed by atoms with Crippen LogP contribution in [0.1, 0.15) is 17.3 Å². The molecule has 108 valence electrons. The van der Waals surface area contributed by atoms with Crippen LogP contribution in [0.4, 0.5) is 5.69 Å². The highest BCUT2D eigenvalue weighted by Gasteiger charge is 2.18. The zero-order chi connectivity index (χ0) is 14.9. The molecule has 0 saturated heterocycles. The number of anilines is 1. The van der Waals surface area contributed by atoms with E-state index in [1.54, 1.807) is 13.8 Å². The van der Waals surface area contributed by atoms with Gasteiger partial charge in [0, 0.05) is 5.02 Å². The zero-order valence-corrected chi connectivity index (χ0v) is 12.5. The van der Waals surface area contributed by atoms with E-state index < -0.39 is 10.0 Å². The van der Waals surface area contributed by atoms with Crippen molar-refractivity contribution in [2.75, 3.05) is 5.73 Å². The molecular formula is C12H14ClN3O3S. The van der Waals surface area contributed by atoms with Gasteiger partial charge in [0.15, 0.2) is 0 Å². The van der Waals surface area contributed by atoms with Gasteiger partial charge in [0.25, 0.3) is 0 Å². The lowest BCUT2D eigenvalue weighted by molar-refractivity contribution is 0.463. The number of hydrogen-bond acceptors (Lipinski definition) is 5. The van der Waals surface area contributed by atoms with Crippen molar-refractivity contribution in [2.45, 2.75) is 25.3 Å². The van der Waals surface area contributed by atoms with Gasteiger partial charge in [-0.2, -0.15) is 0 Å². The number of aromatic nitrogens is 1. The van der Waals surface area contributed by atoms with Crippen LogP contribution >= 0.6 is 11.6 Å². The van der Waals surface area contributed by atoms with Gasteiger partial charge in [-0.25, -0.2) is 18.1 Å². The van der Waals surface area contributed by atoms with Crippen LogP contribution in [0.3, 0.4) is 0 Å². The summed E-state index contributed by atoms with van der Waals surface area (Å²) in [5, 5.41) is 0.375. The Balaban J connectivity index is 2.19. The molecule has 0 radical (unpaired) electrons. The largest absolute Gasteiger partial charge is 0.444 e. The van der Waals surface area contributed by atoms with Gasteiger partial charge in [0.2, 0.25) is 15.9 Å². The smallest absolute Gasteiger partial charge is 0.243 e. The van der Waals surface area contributed by atoms with Crippen molar-refractivity contribution in [1.29, 1.82) is 0 Å². The maximum Gasteiger partial charge on any atom is 0.243 e. The number of oxazole rings is 1. The SMILES string of the molecule is Cc1nc(CNS(=O)(=O)c2ccc(Cl)cc2N)oc1C. The first kappa shape index (κ1) is 14.8. The molecular weight excluding hydrogens is 302 g/mol. The van der Waals surface area contributed by atoms with E-state index in [1.807, 2.05) is 0 Å². The van der Waals surface area contributed by atoms with Crippen LogP contribution in [0.15, 0.2) is 27.5 Å². The molecule has 1 heterocycles. The molecule has 6 nitrogen and oxygen atoms in total. The minimum Gasteiger partial charge on any atom is -0.444 e. The van der Waals surface area contributed by atoms with E-state index in [-0.39, 0.29) is 17.1 Å². The summed E-state index contributed by atoms with van der Waals surface area (Å²) in [6, 6.07) is 4.20. The normalized spacial score (nSPS) is 11.8. The summed E-state index contributed by atoms with van der Waals surface area (Å²) in [6.45, 7) is 3.50. The van der Waals surface area contributed by atoms with Crippen molar-refractivity contribution in [2.24, 2.45) is 0 Å². The van der Waals surface area contributed by atoms with Crippen molar-refractivity contribution >= 4 is 27.3 Å².